The van der Waals surface area contributed by atoms with Crippen molar-refractivity contribution in [3.63, 3.8) is 0 Å². The Balaban J connectivity index is 1.50. The van der Waals surface area contributed by atoms with Gasteiger partial charge in [-0.15, -0.1) is 0 Å². The zero-order valence-corrected chi connectivity index (χ0v) is 12.4. The van der Waals surface area contributed by atoms with Gasteiger partial charge in [0.15, 0.2) is 4.67 Å². The molecule has 5 nitrogen and oxygen atoms in total. The van der Waals surface area contributed by atoms with Crippen LogP contribution < -0.4 is 5.32 Å². The van der Waals surface area contributed by atoms with Gasteiger partial charge in [0.05, 0.1) is 6.54 Å². The largest absolute Gasteiger partial charge is 0.453 e. The van der Waals surface area contributed by atoms with Crippen molar-refractivity contribution in [1.82, 2.24) is 15.1 Å². The number of rotatable bonds is 3. The molecular formula is C13H18BrN3O2. The van der Waals surface area contributed by atoms with Crippen LogP contribution in [0.1, 0.15) is 18.6 Å². The molecule has 0 aromatic carbocycles. The van der Waals surface area contributed by atoms with Gasteiger partial charge >= 0.3 is 6.03 Å². The Labute approximate surface area is 121 Å². The number of nitrogens with one attached hydrogen (secondary N) is 1. The average Bonchev–Trinajstić information content (AvgIpc) is 3.00. The number of amides is 2. The van der Waals surface area contributed by atoms with Crippen LogP contribution in [0, 0.1) is 0 Å². The maximum Gasteiger partial charge on any atom is 0.317 e. The van der Waals surface area contributed by atoms with E-state index in [0.717, 1.165) is 56.0 Å². The van der Waals surface area contributed by atoms with E-state index in [-0.39, 0.29) is 6.03 Å². The molecule has 0 spiro atoms. The summed E-state index contributed by atoms with van der Waals surface area (Å²) in [7, 11) is 0. The van der Waals surface area contributed by atoms with Crippen molar-refractivity contribution in [3.05, 3.63) is 22.6 Å². The maximum absolute atomic E-state index is 11.6. The van der Waals surface area contributed by atoms with Crippen LogP contribution in [0.15, 0.2) is 21.2 Å². The highest BCUT2D eigenvalue weighted by molar-refractivity contribution is 9.10. The van der Waals surface area contributed by atoms with E-state index < -0.39 is 0 Å². The van der Waals surface area contributed by atoms with E-state index in [2.05, 4.69) is 26.1 Å². The Hall–Kier alpha value is -1.01. The fourth-order valence-electron chi connectivity index (χ4n) is 2.88. The van der Waals surface area contributed by atoms with E-state index in [4.69, 9.17) is 4.42 Å². The van der Waals surface area contributed by atoms with Crippen LogP contribution in [0.3, 0.4) is 0 Å². The fourth-order valence-corrected chi connectivity index (χ4v) is 3.22. The average molecular weight is 328 g/mol. The van der Waals surface area contributed by atoms with Crippen molar-refractivity contribution in [2.75, 3.05) is 26.2 Å². The van der Waals surface area contributed by atoms with E-state index in [1.165, 1.54) is 0 Å². The van der Waals surface area contributed by atoms with Crippen LogP contribution in [0.25, 0.3) is 0 Å². The molecule has 0 bridgehead atoms. The van der Waals surface area contributed by atoms with Gasteiger partial charge in [0.2, 0.25) is 0 Å². The first-order valence-electron chi connectivity index (χ1n) is 6.73. The molecule has 104 valence electrons. The molecule has 0 saturated carbocycles. The Morgan fingerprint density at radius 1 is 1.32 bits per heavy atom. The summed E-state index contributed by atoms with van der Waals surface area (Å²) < 4.78 is 6.31. The van der Waals surface area contributed by atoms with Crippen LogP contribution in [-0.4, -0.2) is 48.1 Å². The number of furan rings is 1. The van der Waals surface area contributed by atoms with Gasteiger partial charge in [-0.25, -0.2) is 4.79 Å². The van der Waals surface area contributed by atoms with Crippen molar-refractivity contribution in [3.8, 4) is 0 Å². The molecule has 0 radical (unpaired) electrons. The van der Waals surface area contributed by atoms with Gasteiger partial charge in [0.1, 0.15) is 5.76 Å². The summed E-state index contributed by atoms with van der Waals surface area (Å²) in [5.41, 5.74) is 0. The van der Waals surface area contributed by atoms with Crippen LogP contribution in [0.5, 0.6) is 0 Å². The SMILES string of the molecule is O=C1NCCN1C1CCN(Cc2ccc(Br)o2)CC1. The number of carbonyl (C=O) groups is 1. The number of carbonyl (C=O) groups excluding carboxylic acids is 1. The van der Waals surface area contributed by atoms with E-state index in [1.54, 1.807) is 0 Å². The van der Waals surface area contributed by atoms with Gasteiger partial charge in [0.25, 0.3) is 0 Å². The van der Waals surface area contributed by atoms with Gasteiger partial charge in [-0.1, -0.05) is 0 Å². The van der Waals surface area contributed by atoms with Gasteiger partial charge in [0, 0.05) is 32.2 Å². The van der Waals surface area contributed by atoms with Crippen molar-refractivity contribution in [1.29, 1.82) is 0 Å². The molecular weight excluding hydrogens is 310 g/mol. The highest BCUT2D eigenvalue weighted by Gasteiger charge is 2.30. The van der Waals surface area contributed by atoms with Crippen molar-refractivity contribution in [2.24, 2.45) is 0 Å². The topological polar surface area (TPSA) is 48.7 Å². The van der Waals surface area contributed by atoms with Gasteiger partial charge in [-0.3, -0.25) is 4.90 Å². The third-order valence-electron chi connectivity index (χ3n) is 3.90. The molecule has 19 heavy (non-hydrogen) atoms. The lowest BCUT2D eigenvalue weighted by Gasteiger charge is -2.35. The molecule has 1 aromatic heterocycles. The Kier molecular flexibility index (Phi) is 3.79. The van der Waals surface area contributed by atoms with Crippen LogP contribution in [0.4, 0.5) is 4.79 Å². The Morgan fingerprint density at radius 2 is 2.11 bits per heavy atom. The van der Waals surface area contributed by atoms with Crippen molar-refractivity contribution in [2.45, 2.75) is 25.4 Å². The highest BCUT2D eigenvalue weighted by Crippen LogP contribution is 2.21. The maximum atomic E-state index is 11.6. The molecule has 0 unspecified atom stereocenters. The monoisotopic (exact) mass is 327 g/mol. The lowest BCUT2D eigenvalue weighted by atomic mass is 10.0. The Morgan fingerprint density at radius 3 is 2.68 bits per heavy atom. The van der Waals surface area contributed by atoms with Crippen LogP contribution in [0.2, 0.25) is 0 Å². The molecule has 2 amide bonds. The van der Waals surface area contributed by atoms with Crippen LogP contribution in [-0.2, 0) is 6.54 Å². The standard InChI is InChI=1S/C13H18BrN3O2/c14-12-2-1-11(19-12)9-16-6-3-10(4-7-16)17-8-5-15-13(17)18/h1-2,10H,3-9H2,(H,15,18). The summed E-state index contributed by atoms with van der Waals surface area (Å²) in [6.45, 7) is 4.54. The number of nitrogens with zero attached hydrogens (tertiary/aromatic N) is 2. The third-order valence-corrected chi connectivity index (χ3v) is 4.32. The van der Waals surface area contributed by atoms with Crippen molar-refractivity contribution >= 4 is 22.0 Å². The number of urea groups is 1. The predicted molar refractivity (Wildman–Crippen MR) is 74.8 cm³/mol. The van der Waals surface area contributed by atoms with E-state index in [1.807, 2.05) is 17.0 Å². The molecule has 2 saturated heterocycles. The number of hydrogen-bond acceptors (Lipinski definition) is 3. The van der Waals surface area contributed by atoms with Crippen molar-refractivity contribution < 1.29 is 9.21 Å². The molecule has 0 aliphatic carbocycles. The summed E-state index contributed by atoms with van der Waals surface area (Å²) >= 11 is 3.32. The molecule has 2 fully saturated rings. The minimum atomic E-state index is 0.105. The summed E-state index contributed by atoms with van der Waals surface area (Å²) in [5.74, 6) is 0.990. The normalized spacial score (nSPS) is 21.9. The number of piperidine rings is 1. The predicted octanol–water partition coefficient (Wildman–Crippen LogP) is 2.03. The molecule has 3 heterocycles. The second-order valence-electron chi connectivity index (χ2n) is 5.14. The molecule has 0 atom stereocenters. The summed E-state index contributed by atoms with van der Waals surface area (Å²) in [6.07, 6.45) is 2.10. The molecule has 6 heteroatoms. The lowest BCUT2D eigenvalue weighted by Crippen LogP contribution is -2.45. The first kappa shape index (κ1) is 13.0. The van der Waals surface area contributed by atoms with Gasteiger partial charge in [-0.05, 0) is 40.9 Å². The second kappa shape index (κ2) is 5.54. The minimum absolute atomic E-state index is 0.105. The lowest BCUT2D eigenvalue weighted by molar-refractivity contribution is 0.127. The smallest absolute Gasteiger partial charge is 0.317 e. The zero-order chi connectivity index (χ0) is 13.2. The first-order chi connectivity index (χ1) is 9.22. The van der Waals surface area contributed by atoms with E-state index in [9.17, 15) is 4.79 Å². The first-order valence-corrected chi connectivity index (χ1v) is 7.53. The van der Waals surface area contributed by atoms with Crippen LogP contribution >= 0.6 is 15.9 Å². The molecule has 1 N–H and O–H groups in total. The Bertz CT molecular complexity index is 454. The third kappa shape index (κ3) is 2.95. The molecule has 2 aliphatic heterocycles. The molecule has 2 aliphatic rings. The van der Waals surface area contributed by atoms with Gasteiger partial charge in [-0.2, -0.15) is 0 Å². The summed E-state index contributed by atoms with van der Waals surface area (Å²) in [6, 6.07) is 4.44. The quantitative estimate of drug-likeness (QED) is 0.924. The van der Waals surface area contributed by atoms with Gasteiger partial charge < -0.3 is 14.6 Å². The number of likely N-dealkylation sites (tertiary alicyclic amines) is 1. The fraction of sp³-hybridized carbons (Fsp3) is 0.615. The number of hydrogen-bond donors (Lipinski definition) is 1. The highest BCUT2D eigenvalue weighted by atomic mass is 79.9. The zero-order valence-electron chi connectivity index (χ0n) is 10.8. The minimum Gasteiger partial charge on any atom is -0.453 e. The molecule has 1 aromatic rings. The summed E-state index contributed by atoms with van der Waals surface area (Å²) in [4.78, 5) is 16.0. The number of halogens is 1. The van der Waals surface area contributed by atoms with E-state index >= 15 is 0 Å². The molecule has 3 rings (SSSR count). The summed E-state index contributed by atoms with van der Waals surface area (Å²) in [5, 5.41) is 2.87. The van der Waals surface area contributed by atoms with E-state index in [0.29, 0.717) is 6.04 Å². The second-order valence-corrected chi connectivity index (χ2v) is 5.92.